The number of carbonyl (C=O) groups is 1. The molecule has 0 saturated heterocycles. The Morgan fingerprint density at radius 1 is 1.58 bits per heavy atom. The average Bonchev–Trinajstić information content (AvgIpc) is 2.69. The molecule has 4 N–H and O–H groups in total. The summed E-state index contributed by atoms with van der Waals surface area (Å²) < 4.78 is 6.61. The topological polar surface area (TPSA) is 128 Å². The Labute approximate surface area is 108 Å². The number of aromatic nitrogens is 4. The van der Waals surface area contributed by atoms with Gasteiger partial charge in [0, 0.05) is 6.92 Å². The second-order valence-corrected chi connectivity index (χ2v) is 3.75. The first-order valence-corrected chi connectivity index (χ1v) is 5.56. The van der Waals surface area contributed by atoms with E-state index in [9.17, 15) is 4.79 Å². The number of fused-ring (bicyclic) bond motifs is 1. The van der Waals surface area contributed by atoms with Crippen LogP contribution in [0.15, 0.2) is 6.33 Å². The summed E-state index contributed by atoms with van der Waals surface area (Å²) in [5, 5.41) is 15.9. The van der Waals surface area contributed by atoms with Crippen LogP contribution in [0, 0.1) is 0 Å². The number of nitrogens with one attached hydrogen (secondary N) is 1. The molecule has 2 aromatic rings. The van der Waals surface area contributed by atoms with Crippen LogP contribution in [-0.2, 0) is 16.3 Å². The summed E-state index contributed by atoms with van der Waals surface area (Å²) in [6.07, 6.45) is 1.30. The summed E-state index contributed by atoms with van der Waals surface area (Å²) in [7, 11) is 0. The first-order chi connectivity index (χ1) is 9.13. The van der Waals surface area contributed by atoms with Crippen molar-refractivity contribution in [1.29, 1.82) is 0 Å². The summed E-state index contributed by atoms with van der Waals surface area (Å²) in [6.45, 7) is 1.55. The molecule has 0 aliphatic heterocycles. The third kappa shape index (κ3) is 2.77. The number of aliphatic hydroxyl groups is 1. The fraction of sp³-hybridized carbons (Fsp3) is 0.400. The minimum absolute atomic E-state index is 0.0884. The molecule has 0 aromatic carbocycles. The summed E-state index contributed by atoms with van der Waals surface area (Å²) in [4.78, 5) is 19.1. The number of nitrogen functional groups attached to an aromatic ring is 1. The van der Waals surface area contributed by atoms with Crippen LogP contribution in [-0.4, -0.2) is 44.0 Å². The maximum absolute atomic E-state index is 11.1. The highest BCUT2D eigenvalue weighted by Gasteiger charge is 2.16. The fourth-order valence-electron chi connectivity index (χ4n) is 1.59. The Morgan fingerprint density at radius 2 is 2.37 bits per heavy atom. The van der Waals surface area contributed by atoms with Crippen LogP contribution < -0.4 is 11.1 Å². The Balaban J connectivity index is 2.41. The normalized spacial score (nSPS) is 10.8. The molecule has 1 amide bonds. The Morgan fingerprint density at radius 3 is 3.05 bits per heavy atom. The first kappa shape index (κ1) is 13.2. The minimum Gasteiger partial charge on any atom is -0.394 e. The predicted molar refractivity (Wildman–Crippen MR) is 67.1 cm³/mol. The Bertz CT molecular complexity index is 596. The van der Waals surface area contributed by atoms with Crippen molar-refractivity contribution in [1.82, 2.24) is 19.7 Å². The van der Waals surface area contributed by atoms with Crippen molar-refractivity contribution in [2.24, 2.45) is 0 Å². The lowest BCUT2D eigenvalue weighted by atomic mass is 10.3. The van der Waals surface area contributed by atoms with E-state index in [2.05, 4.69) is 20.4 Å². The van der Waals surface area contributed by atoms with Gasteiger partial charge >= 0.3 is 0 Å². The number of carbonyl (C=O) groups excluding carboxylic acids is 1. The molecule has 19 heavy (non-hydrogen) atoms. The summed E-state index contributed by atoms with van der Waals surface area (Å²) in [6, 6.07) is 0. The molecule has 0 radical (unpaired) electrons. The Kier molecular flexibility index (Phi) is 3.88. The van der Waals surface area contributed by atoms with Gasteiger partial charge in [-0.05, 0) is 0 Å². The van der Waals surface area contributed by atoms with Gasteiger partial charge in [0.2, 0.25) is 5.91 Å². The van der Waals surface area contributed by atoms with Crippen LogP contribution >= 0.6 is 0 Å². The lowest BCUT2D eigenvalue weighted by Gasteiger charge is -2.02. The van der Waals surface area contributed by atoms with E-state index in [0.717, 1.165) is 0 Å². The fourth-order valence-corrected chi connectivity index (χ4v) is 1.59. The van der Waals surface area contributed by atoms with E-state index in [1.54, 1.807) is 0 Å². The maximum Gasteiger partial charge on any atom is 0.222 e. The summed E-state index contributed by atoms with van der Waals surface area (Å²) >= 11 is 0. The molecule has 0 aliphatic rings. The predicted octanol–water partition coefficient (Wildman–Crippen LogP) is -0.667. The van der Waals surface area contributed by atoms with Crippen LogP contribution in [0.2, 0.25) is 0 Å². The summed E-state index contributed by atoms with van der Waals surface area (Å²) in [5.74, 6) is 0.237. The molecule has 0 fully saturated rings. The molecule has 0 unspecified atom stereocenters. The van der Waals surface area contributed by atoms with Crippen molar-refractivity contribution in [3.63, 3.8) is 0 Å². The number of amides is 1. The molecule has 9 heteroatoms. The zero-order chi connectivity index (χ0) is 13.8. The van der Waals surface area contributed by atoms with Crippen LogP contribution in [0.3, 0.4) is 0 Å². The van der Waals surface area contributed by atoms with Crippen molar-refractivity contribution < 1.29 is 14.6 Å². The molecule has 2 aromatic heterocycles. The van der Waals surface area contributed by atoms with Gasteiger partial charge in [-0.3, -0.25) is 4.79 Å². The monoisotopic (exact) mass is 266 g/mol. The van der Waals surface area contributed by atoms with Gasteiger partial charge in [0.05, 0.1) is 13.2 Å². The quantitative estimate of drug-likeness (QED) is 0.612. The second-order valence-electron chi connectivity index (χ2n) is 3.75. The molecular formula is C10H14N6O3. The summed E-state index contributed by atoms with van der Waals surface area (Å²) in [5.41, 5.74) is 6.22. The van der Waals surface area contributed by atoms with Gasteiger partial charge in [-0.1, -0.05) is 0 Å². The van der Waals surface area contributed by atoms with Gasteiger partial charge in [-0.25, -0.2) is 14.6 Å². The largest absolute Gasteiger partial charge is 0.394 e. The van der Waals surface area contributed by atoms with Gasteiger partial charge in [0.1, 0.15) is 24.3 Å². The highest BCUT2D eigenvalue weighted by molar-refractivity contribution is 6.02. The number of ether oxygens (including phenoxy) is 1. The van der Waals surface area contributed by atoms with Crippen molar-refractivity contribution in [2.45, 2.75) is 13.7 Å². The van der Waals surface area contributed by atoms with Gasteiger partial charge in [0.25, 0.3) is 0 Å². The van der Waals surface area contributed by atoms with Gasteiger partial charge < -0.3 is 20.9 Å². The van der Waals surface area contributed by atoms with E-state index >= 15 is 0 Å². The molecule has 2 rings (SSSR count). The number of anilines is 2. The second kappa shape index (κ2) is 5.59. The van der Waals surface area contributed by atoms with E-state index in [1.165, 1.54) is 17.9 Å². The third-order valence-corrected chi connectivity index (χ3v) is 2.30. The van der Waals surface area contributed by atoms with E-state index in [4.69, 9.17) is 15.6 Å². The SMILES string of the molecule is CC(=O)Nc1nn(COCCO)c2ncnc(N)c12. The number of hydrogen-bond acceptors (Lipinski definition) is 7. The highest BCUT2D eigenvalue weighted by atomic mass is 16.5. The van der Waals surface area contributed by atoms with E-state index in [-0.39, 0.29) is 37.5 Å². The number of nitrogens with zero attached hydrogens (tertiary/aromatic N) is 4. The van der Waals surface area contributed by atoms with Crippen LogP contribution in [0.1, 0.15) is 6.92 Å². The minimum atomic E-state index is -0.272. The molecule has 0 atom stereocenters. The number of hydrogen-bond donors (Lipinski definition) is 3. The number of rotatable bonds is 5. The maximum atomic E-state index is 11.1. The highest BCUT2D eigenvalue weighted by Crippen LogP contribution is 2.25. The van der Waals surface area contributed by atoms with Crippen LogP contribution in [0.4, 0.5) is 11.6 Å². The molecule has 0 saturated carbocycles. The van der Waals surface area contributed by atoms with E-state index in [1.807, 2.05) is 0 Å². The van der Waals surface area contributed by atoms with Gasteiger partial charge in [-0.2, -0.15) is 0 Å². The standard InChI is InChI=1S/C10H14N6O3/c1-6(18)14-9-7-8(11)12-4-13-10(7)16(15-9)5-19-3-2-17/h4,17H,2-3,5H2,1H3,(H2,11,12,13)(H,14,15,18). The lowest BCUT2D eigenvalue weighted by Crippen LogP contribution is -2.10. The van der Waals surface area contributed by atoms with Gasteiger partial charge in [0.15, 0.2) is 11.5 Å². The van der Waals surface area contributed by atoms with Crippen LogP contribution in [0.5, 0.6) is 0 Å². The molecule has 0 aliphatic carbocycles. The average molecular weight is 266 g/mol. The zero-order valence-electron chi connectivity index (χ0n) is 10.3. The van der Waals surface area contributed by atoms with Crippen molar-refractivity contribution in [2.75, 3.05) is 24.3 Å². The van der Waals surface area contributed by atoms with Gasteiger partial charge in [-0.15, -0.1) is 5.10 Å². The lowest BCUT2D eigenvalue weighted by molar-refractivity contribution is -0.114. The molecular weight excluding hydrogens is 252 g/mol. The number of aliphatic hydroxyl groups excluding tert-OH is 1. The molecule has 102 valence electrons. The first-order valence-electron chi connectivity index (χ1n) is 5.56. The smallest absolute Gasteiger partial charge is 0.222 e. The van der Waals surface area contributed by atoms with Crippen LogP contribution in [0.25, 0.3) is 11.0 Å². The van der Waals surface area contributed by atoms with E-state index < -0.39 is 0 Å². The van der Waals surface area contributed by atoms with Crippen molar-refractivity contribution in [3.8, 4) is 0 Å². The van der Waals surface area contributed by atoms with Crippen molar-refractivity contribution in [3.05, 3.63) is 6.33 Å². The number of nitrogens with two attached hydrogens (primary N) is 1. The zero-order valence-corrected chi connectivity index (χ0v) is 10.3. The van der Waals surface area contributed by atoms with E-state index in [0.29, 0.717) is 11.0 Å². The molecule has 0 spiro atoms. The molecule has 9 nitrogen and oxygen atoms in total. The molecule has 0 bridgehead atoms. The van der Waals surface area contributed by atoms with Crippen molar-refractivity contribution >= 4 is 28.6 Å². The Hall–Kier alpha value is -2.26. The molecule has 2 heterocycles. The third-order valence-electron chi connectivity index (χ3n) is 2.30.